The van der Waals surface area contributed by atoms with Crippen molar-refractivity contribution in [3.63, 3.8) is 0 Å². The summed E-state index contributed by atoms with van der Waals surface area (Å²) in [5.74, 6) is -5.94. The maximum Gasteiger partial charge on any atom is 0.490 e. The molecule has 17 heteroatoms. The predicted molar refractivity (Wildman–Crippen MR) is 165 cm³/mol. The van der Waals surface area contributed by atoms with Crippen LogP contribution in [0.25, 0.3) is 10.8 Å². The fraction of sp³-hybridized carbons (Fsp3) is 0.483. The number of carbonyl (C=O) groups is 5. The lowest BCUT2D eigenvalue weighted by molar-refractivity contribution is -0.192. The normalized spacial score (nSPS) is 15.6. The Bertz CT molecular complexity index is 1510. The van der Waals surface area contributed by atoms with E-state index in [9.17, 15) is 41.8 Å². The second-order valence-corrected chi connectivity index (χ2v) is 14.2. The molecule has 2 unspecified atom stereocenters. The fourth-order valence-corrected chi connectivity index (χ4v) is 6.85. The van der Waals surface area contributed by atoms with Gasteiger partial charge in [0.2, 0.25) is 19.2 Å². The molecule has 8 N–H and O–H groups in total. The van der Waals surface area contributed by atoms with E-state index >= 15 is 0 Å². The number of carboxylic acids is 1. The van der Waals surface area contributed by atoms with Gasteiger partial charge in [-0.15, -0.1) is 0 Å². The van der Waals surface area contributed by atoms with Crippen LogP contribution < -0.4 is 22.1 Å². The van der Waals surface area contributed by atoms with Crippen molar-refractivity contribution < 1.29 is 51.7 Å². The monoisotopic (exact) mass is 673 g/mol. The number of hydrogen-bond acceptors (Lipinski definition) is 8. The van der Waals surface area contributed by atoms with Gasteiger partial charge in [-0.3, -0.25) is 28.6 Å². The second kappa shape index (κ2) is 14.9. The molecule has 2 aromatic carbocycles. The van der Waals surface area contributed by atoms with Gasteiger partial charge in [-0.1, -0.05) is 27.7 Å². The number of hydrogen-bond donors (Lipinski definition) is 6. The first kappa shape index (κ1) is 38.0. The summed E-state index contributed by atoms with van der Waals surface area (Å²) in [6.45, 7) is 7.58. The number of halogens is 3. The lowest BCUT2D eigenvalue weighted by atomic mass is 9.93. The van der Waals surface area contributed by atoms with E-state index in [1.165, 1.54) is 19.2 Å². The van der Waals surface area contributed by atoms with Crippen LogP contribution in [0.5, 0.6) is 0 Å². The van der Waals surface area contributed by atoms with Crippen LogP contribution in [0.1, 0.15) is 61.3 Å². The largest absolute Gasteiger partial charge is 0.490 e. The average Bonchev–Trinajstić information content (AvgIpc) is 2.91. The van der Waals surface area contributed by atoms with E-state index in [2.05, 4.69) is 10.6 Å². The van der Waals surface area contributed by atoms with E-state index in [0.717, 1.165) is 4.90 Å². The lowest BCUT2D eigenvalue weighted by Gasteiger charge is -2.30. The van der Waals surface area contributed by atoms with Crippen LogP contribution >= 0.6 is 7.37 Å². The molecular formula is C29H39F3N5O8P. The molecule has 1 heterocycles. The van der Waals surface area contributed by atoms with Crippen LogP contribution in [0.3, 0.4) is 0 Å². The first-order chi connectivity index (χ1) is 21.1. The van der Waals surface area contributed by atoms with E-state index in [1.54, 1.807) is 12.1 Å². The summed E-state index contributed by atoms with van der Waals surface area (Å²) < 4.78 is 45.2. The number of likely N-dealkylation sites (N-methyl/N-ethyl adjacent to an activating group) is 1. The summed E-state index contributed by atoms with van der Waals surface area (Å²) in [6.07, 6.45) is -5.66. The molecule has 0 aromatic heterocycles. The SMILES string of the molecule is CNC(=O)[C@H](CC(C)C)NC(=O)C(CC(C)C)CP(=O)(O)CN1C(=O)c2cc(N)cc3cc(N)cc(c23)C1=O.O=C(O)C(F)(F)F. The molecule has 2 aromatic rings. The van der Waals surface area contributed by atoms with Crippen molar-refractivity contribution in [1.29, 1.82) is 0 Å². The number of imide groups is 1. The maximum atomic E-state index is 13.5. The minimum Gasteiger partial charge on any atom is -0.475 e. The van der Waals surface area contributed by atoms with Gasteiger partial charge in [-0.05, 0) is 54.3 Å². The zero-order chi connectivity index (χ0) is 35.3. The van der Waals surface area contributed by atoms with Crippen molar-refractivity contribution in [1.82, 2.24) is 15.5 Å². The topological polar surface area (TPSA) is 222 Å². The number of benzene rings is 2. The van der Waals surface area contributed by atoms with Crippen molar-refractivity contribution in [3.8, 4) is 0 Å². The van der Waals surface area contributed by atoms with Gasteiger partial charge in [-0.25, -0.2) is 4.79 Å². The summed E-state index contributed by atoms with van der Waals surface area (Å²) in [7, 11) is -2.78. The molecule has 0 radical (unpaired) electrons. The number of nitrogens with one attached hydrogen (secondary N) is 2. The van der Waals surface area contributed by atoms with Gasteiger partial charge in [0.25, 0.3) is 11.8 Å². The molecule has 13 nitrogen and oxygen atoms in total. The zero-order valence-corrected chi connectivity index (χ0v) is 26.9. The number of amides is 4. The summed E-state index contributed by atoms with van der Waals surface area (Å²) in [4.78, 5) is 72.9. The molecule has 0 spiro atoms. The third kappa shape index (κ3) is 9.91. The van der Waals surface area contributed by atoms with Crippen molar-refractivity contribution in [2.24, 2.45) is 17.8 Å². The number of rotatable bonds is 11. The van der Waals surface area contributed by atoms with E-state index in [0.29, 0.717) is 17.2 Å². The number of nitrogens with zero attached hydrogens (tertiary/aromatic N) is 1. The Balaban J connectivity index is 0.000000942. The van der Waals surface area contributed by atoms with Crippen LogP contribution in [0.15, 0.2) is 24.3 Å². The predicted octanol–water partition coefficient (Wildman–Crippen LogP) is 3.40. The lowest BCUT2D eigenvalue weighted by Crippen LogP contribution is -2.49. The highest BCUT2D eigenvalue weighted by molar-refractivity contribution is 7.58. The first-order valence-electron chi connectivity index (χ1n) is 14.2. The van der Waals surface area contributed by atoms with Crippen molar-refractivity contribution >= 4 is 59.1 Å². The van der Waals surface area contributed by atoms with Gasteiger partial charge in [0.05, 0.1) is 11.1 Å². The molecule has 4 amide bonds. The molecule has 1 aliphatic heterocycles. The van der Waals surface area contributed by atoms with Gasteiger partial charge in [0.15, 0.2) is 0 Å². The minimum absolute atomic E-state index is 0.00187. The van der Waals surface area contributed by atoms with Crippen molar-refractivity contribution in [2.75, 3.05) is 31.0 Å². The molecule has 0 bridgehead atoms. The van der Waals surface area contributed by atoms with E-state index in [4.69, 9.17) is 21.4 Å². The molecule has 254 valence electrons. The first-order valence-corrected chi connectivity index (χ1v) is 16.2. The Hall–Kier alpha value is -4.17. The standard InChI is InChI=1S/C27H38N5O6P.C2HF3O2/c1-14(2)6-17(24(33)31-22(7-15(3)4)25(34)30-5)12-39(37,38)13-32-26(35)20-10-18(28)8-16-9-19(29)11-21(23(16)20)27(32)36;3-2(4,5)1(6)7/h8-11,14-15,17,22H,6-7,12-13,28-29H2,1-5H3,(H,30,34)(H,31,33)(H,37,38);(H,6,7)/t17?,22-;/m0./s1. The van der Waals surface area contributed by atoms with Crippen molar-refractivity contribution in [3.05, 3.63) is 35.4 Å². The number of alkyl halides is 3. The Kier molecular flexibility index (Phi) is 12.4. The highest BCUT2D eigenvalue weighted by atomic mass is 31.2. The van der Waals surface area contributed by atoms with Crippen LogP contribution in [-0.4, -0.2) is 76.2 Å². The Labute approximate surface area is 263 Å². The quantitative estimate of drug-likeness (QED) is 0.116. The van der Waals surface area contributed by atoms with Crippen LogP contribution in [0.2, 0.25) is 0 Å². The van der Waals surface area contributed by atoms with Crippen LogP contribution in [0, 0.1) is 17.8 Å². The maximum absolute atomic E-state index is 13.5. The number of aliphatic carboxylic acids is 1. The summed E-state index contributed by atoms with van der Waals surface area (Å²) in [6, 6.07) is 5.26. The summed E-state index contributed by atoms with van der Waals surface area (Å²) in [5.41, 5.74) is 12.8. The summed E-state index contributed by atoms with van der Waals surface area (Å²) >= 11 is 0. The Morgan fingerprint density at radius 2 is 1.37 bits per heavy atom. The molecule has 0 saturated heterocycles. The van der Waals surface area contributed by atoms with E-state index in [1.807, 2.05) is 27.7 Å². The average molecular weight is 674 g/mol. The minimum atomic E-state index is -5.08. The third-order valence-electron chi connectivity index (χ3n) is 6.87. The fourth-order valence-electron chi connectivity index (χ4n) is 5.03. The van der Waals surface area contributed by atoms with Gasteiger partial charge in [0, 0.05) is 35.9 Å². The Morgan fingerprint density at radius 1 is 0.913 bits per heavy atom. The smallest absolute Gasteiger partial charge is 0.475 e. The second-order valence-electron chi connectivity index (χ2n) is 11.9. The Morgan fingerprint density at radius 3 is 1.76 bits per heavy atom. The van der Waals surface area contributed by atoms with Gasteiger partial charge >= 0.3 is 12.1 Å². The summed E-state index contributed by atoms with van der Waals surface area (Å²) in [5, 5.41) is 13.3. The number of nitrogens with two attached hydrogens (primary N) is 2. The van der Waals surface area contributed by atoms with E-state index < -0.39 is 61.6 Å². The molecule has 46 heavy (non-hydrogen) atoms. The van der Waals surface area contributed by atoms with Crippen molar-refractivity contribution in [2.45, 2.75) is 52.8 Å². The van der Waals surface area contributed by atoms with E-state index in [-0.39, 0.29) is 46.7 Å². The molecule has 3 rings (SSSR count). The molecule has 0 aliphatic carbocycles. The zero-order valence-electron chi connectivity index (χ0n) is 26.0. The molecule has 0 fully saturated rings. The molecule has 1 aliphatic rings. The number of anilines is 2. The number of nitrogen functional groups attached to an aromatic ring is 2. The molecule has 3 atom stereocenters. The highest BCUT2D eigenvalue weighted by Gasteiger charge is 2.40. The molecule has 0 saturated carbocycles. The number of carboxylic acid groups (broad SMARTS) is 1. The third-order valence-corrected chi connectivity index (χ3v) is 8.60. The number of carbonyl (C=O) groups excluding carboxylic acids is 4. The van der Waals surface area contributed by atoms with Gasteiger partial charge < -0.3 is 32.1 Å². The van der Waals surface area contributed by atoms with Gasteiger partial charge in [0.1, 0.15) is 12.3 Å². The van der Waals surface area contributed by atoms with Crippen LogP contribution in [-0.2, 0) is 18.9 Å². The van der Waals surface area contributed by atoms with Crippen LogP contribution in [0.4, 0.5) is 24.5 Å². The molecular weight excluding hydrogens is 634 g/mol. The van der Waals surface area contributed by atoms with Gasteiger partial charge in [-0.2, -0.15) is 13.2 Å². The highest BCUT2D eigenvalue weighted by Crippen LogP contribution is 2.46.